The van der Waals surface area contributed by atoms with Gasteiger partial charge in [-0.1, -0.05) is 6.92 Å². The monoisotopic (exact) mass is 158 g/mol. The highest BCUT2D eigenvalue weighted by Gasteiger charge is 2.16. The molecule has 1 heterocycles. The first-order chi connectivity index (χ1) is 5.33. The molecular formula is C8H14O3. The van der Waals surface area contributed by atoms with Crippen molar-refractivity contribution in [2.45, 2.75) is 32.5 Å². The molecule has 0 radical (unpaired) electrons. The van der Waals surface area contributed by atoms with Gasteiger partial charge in [-0.15, -0.1) is 0 Å². The standard InChI is InChI=1S/C8H14O3/c1-2-7(9)3-4-8-10-5-6-11-8/h8H,2-6H2,1H3. The van der Waals surface area contributed by atoms with Crippen LogP contribution in [0.3, 0.4) is 0 Å². The molecule has 1 saturated heterocycles. The number of rotatable bonds is 4. The second-order valence-corrected chi connectivity index (χ2v) is 2.60. The number of carbonyl (C=O) groups is 1. The van der Waals surface area contributed by atoms with Crippen LogP contribution in [0.4, 0.5) is 0 Å². The lowest BCUT2D eigenvalue weighted by Gasteiger charge is -2.06. The zero-order valence-electron chi connectivity index (χ0n) is 6.84. The fourth-order valence-electron chi connectivity index (χ4n) is 1.03. The van der Waals surface area contributed by atoms with Gasteiger partial charge in [-0.25, -0.2) is 0 Å². The Kier molecular flexibility index (Phi) is 3.52. The number of ketones is 1. The molecule has 3 heteroatoms. The molecule has 1 aliphatic rings. The topological polar surface area (TPSA) is 35.5 Å². The van der Waals surface area contributed by atoms with Gasteiger partial charge in [0.2, 0.25) is 0 Å². The molecule has 1 rings (SSSR count). The quantitative estimate of drug-likeness (QED) is 0.615. The summed E-state index contributed by atoms with van der Waals surface area (Å²) in [4.78, 5) is 10.9. The summed E-state index contributed by atoms with van der Waals surface area (Å²) >= 11 is 0. The fourth-order valence-corrected chi connectivity index (χ4v) is 1.03. The van der Waals surface area contributed by atoms with Gasteiger partial charge in [0.05, 0.1) is 13.2 Å². The Bertz CT molecular complexity index is 127. The molecule has 1 fully saturated rings. The zero-order chi connectivity index (χ0) is 8.10. The van der Waals surface area contributed by atoms with Gasteiger partial charge in [0.15, 0.2) is 6.29 Å². The van der Waals surface area contributed by atoms with E-state index >= 15 is 0 Å². The average molecular weight is 158 g/mol. The Morgan fingerprint density at radius 2 is 2.09 bits per heavy atom. The normalized spacial score (nSPS) is 19.0. The number of hydrogen-bond donors (Lipinski definition) is 0. The second-order valence-electron chi connectivity index (χ2n) is 2.60. The fraction of sp³-hybridized carbons (Fsp3) is 0.875. The van der Waals surface area contributed by atoms with Crippen molar-refractivity contribution in [3.05, 3.63) is 0 Å². The molecule has 0 unspecified atom stereocenters. The first-order valence-electron chi connectivity index (χ1n) is 4.08. The molecule has 0 saturated carbocycles. The summed E-state index contributed by atoms with van der Waals surface area (Å²) in [6.07, 6.45) is 1.80. The number of Topliss-reactive ketones (excluding diaryl/α,β-unsaturated/α-hetero) is 1. The Balaban J connectivity index is 2.06. The molecule has 3 nitrogen and oxygen atoms in total. The second kappa shape index (κ2) is 4.46. The van der Waals surface area contributed by atoms with Crippen LogP contribution in [0.25, 0.3) is 0 Å². The summed E-state index contributed by atoms with van der Waals surface area (Å²) in [7, 11) is 0. The number of carbonyl (C=O) groups excluding carboxylic acids is 1. The predicted molar refractivity (Wildman–Crippen MR) is 40.2 cm³/mol. The molecule has 0 atom stereocenters. The van der Waals surface area contributed by atoms with E-state index in [1.54, 1.807) is 0 Å². The van der Waals surface area contributed by atoms with Crippen LogP contribution in [-0.2, 0) is 14.3 Å². The molecule has 0 aromatic carbocycles. The van der Waals surface area contributed by atoms with Crippen LogP contribution >= 0.6 is 0 Å². The minimum Gasteiger partial charge on any atom is -0.350 e. The highest BCUT2D eigenvalue weighted by Crippen LogP contribution is 2.10. The van der Waals surface area contributed by atoms with Crippen LogP contribution in [0.2, 0.25) is 0 Å². The van der Waals surface area contributed by atoms with E-state index in [1.807, 2.05) is 6.92 Å². The number of hydrogen-bond acceptors (Lipinski definition) is 3. The van der Waals surface area contributed by atoms with Crippen molar-refractivity contribution in [1.29, 1.82) is 0 Å². The van der Waals surface area contributed by atoms with Crippen molar-refractivity contribution in [3.8, 4) is 0 Å². The van der Waals surface area contributed by atoms with E-state index in [2.05, 4.69) is 0 Å². The van der Waals surface area contributed by atoms with E-state index < -0.39 is 0 Å². The highest BCUT2D eigenvalue weighted by atomic mass is 16.7. The maximum atomic E-state index is 10.9. The summed E-state index contributed by atoms with van der Waals surface area (Å²) in [5.74, 6) is 0.282. The van der Waals surface area contributed by atoms with Crippen molar-refractivity contribution in [2.24, 2.45) is 0 Å². The maximum absolute atomic E-state index is 10.9. The SMILES string of the molecule is CCC(=O)CCC1OCCO1. The minimum absolute atomic E-state index is 0.120. The third kappa shape index (κ3) is 2.99. The summed E-state index contributed by atoms with van der Waals surface area (Å²) < 4.78 is 10.3. The third-order valence-corrected chi connectivity index (χ3v) is 1.74. The van der Waals surface area contributed by atoms with Crippen LogP contribution < -0.4 is 0 Å². The lowest BCUT2D eigenvalue weighted by molar-refractivity contribution is -0.121. The first-order valence-corrected chi connectivity index (χ1v) is 4.08. The maximum Gasteiger partial charge on any atom is 0.158 e. The van der Waals surface area contributed by atoms with Gasteiger partial charge in [0.25, 0.3) is 0 Å². The van der Waals surface area contributed by atoms with Crippen molar-refractivity contribution < 1.29 is 14.3 Å². The molecule has 0 aliphatic carbocycles. The molecular weight excluding hydrogens is 144 g/mol. The van der Waals surface area contributed by atoms with Crippen molar-refractivity contribution in [3.63, 3.8) is 0 Å². The van der Waals surface area contributed by atoms with Gasteiger partial charge in [0, 0.05) is 19.3 Å². The molecule has 11 heavy (non-hydrogen) atoms. The predicted octanol–water partition coefficient (Wildman–Crippen LogP) is 1.12. The molecule has 1 aliphatic heterocycles. The number of ether oxygens (including phenoxy) is 2. The van der Waals surface area contributed by atoms with Gasteiger partial charge in [0.1, 0.15) is 5.78 Å². The van der Waals surface area contributed by atoms with E-state index in [4.69, 9.17) is 9.47 Å². The lowest BCUT2D eigenvalue weighted by Crippen LogP contribution is -2.09. The molecule has 0 spiro atoms. The Morgan fingerprint density at radius 1 is 1.45 bits per heavy atom. The molecule has 0 bridgehead atoms. The highest BCUT2D eigenvalue weighted by molar-refractivity contribution is 5.77. The van der Waals surface area contributed by atoms with E-state index in [-0.39, 0.29) is 12.1 Å². The van der Waals surface area contributed by atoms with Gasteiger partial charge in [-0.2, -0.15) is 0 Å². The molecule has 0 aromatic rings. The van der Waals surface area contributed by atoms with E-state index in [0.29, 0.717) is 32.5 Å². The molecule has 64 valence electrons. The summed E-state index contributed by atoms with van der Waals surface area (Å²) in [5, 5.41) is 0. The molecule has 0 aromatic heterocycles. The van der Waals surface area contributed by atoms with Crippen LogP contribution in [0.1, 0.15) is 26.2 Å². The van der Waals surface area contributed by atoms with Crippen LogP contribution in [-0.4, -0.2) is 25.3 Å². The first kappa shape index (κ1) is 8.68. The van der Waals surface area contributed by atoms with E-state index in [9.17, 15) is 4.79 Å². The molecule has 0 amide bonds. The lowest BCUT2D eigenvalue weighted by atomic mass is 10.2. The van der Waals surface area contributed by atoms with E-state index in [1.165, 1.54) is 0 Å². The Hall–Kier alpha value is -0.410. The van der Waals surface area contributed by atoms with Crippen molar-refractivity contribution >= 4 is 5.78 Å². The Labute approximate surface area is 66.7 Å². The van der Waals surface area contributed by atoms with Crippen molar-refractivity contribution in [1.82, 2.24) is 0 Å². The molecule has 0 N–H and O–H groups in total. The van der Waals surface area contributed by atoms with Gasteiger partial charge in [-0.3, -0.25) is 4.79 Å². The van der Waals surface area contributed by atoms with Gasteiger partial charge in [-0.05, 0) is 0 Å². The zero-order valence-corrected chi connectivity index (χ0v) is 6.84. The largest absolute Gasteiger partial charge is 0.350 e. The summed E-state index contributed by atoms with van der Waals surface area (Å²) in [6.45, 7) is 3.22. The Morgan fingerprint density at radius 3 is 2.64 bits per heavy atom. The van der Waals surface area contributed by atoms with Crippen LogP contribution in [0, 0.1) is 0 Å². The van der Waals surface area contributed by atoms with Crippen molar-refractivity contribution in [2.75, 3.05) is 13.2 Å². The van der Waals surface area contributed by atoms with Gasteiger partial charge < -0.3 is 9.47 Å². The van der Waals surface area contributed by atoms with Crippen LogP contribution in [0.5, 0.6) is 0 Å². The average Bonchev–Trinajstić information content (AvgIpc) is 2.52. The minimum atomic E-state index is -0.120. The third-order valence-electron chi connectivity index (χ3n) is 1.74. The van der Waals surface area contributed by atoms with Crippen LogP contribution in [0.15, 0.2) is 0 Å². The van der Waals surface area contributed by atoms with Gasteiger partial charge >= 0.3 is 0 Å². The summed E-state index contributed by atoms with van der Waals surface area (Å²) in [6, 6.07) is 0. The summed E-state index contributed by atoms with van der Waals surface area (Å²) in [5.41, 5.74) is 0. The smallest absolute Gasteiger partial charge is 0.158 e. The van der Waals surface area contributed by atoms with E-state index in [0.717, 1.165) is 0 Å².